The highest BCUT2D eigenvalue weighted by molar-refractivity contribution is 4.86. The second-order valence-corrected chi connectivity index (χ2v) is 6.68. The van der Waals surface area contributed by atoms with Crippen molar-refractivity contribution < 1.29 is 0 Å². The van der Waals surface area contributed by atoms with Crippen LogP contribution < -0.4 is 5.32 Å². The zero-order valence-electron chi connectivity index (χ0n) is 11.3. The highest BCUT2D eigenvalue weighted by Crippen LogP contribution is 2.34. The highest BCUT2D eigenvalue weighted by atomic mass is 15.2. The van der Waals surface area contributed by atoms with Crippen LogP contribution >= 0.6 is 0 Å². The van der Waals surface area contributed by atoms with Gasteiger partial charge in [0.05, 0.1) is 0 Å². The van der Waals surface area contributed by atoms with E-state index in [1.807, 2.05) is 0 Å². The fourth-order valence-electron chi connectivity index (χ4n) is 3.22. The van der Waals surface area contributed by atoms with Gasteiger partial charge in [-0.05, 0) is 56.7 Å². The number of hydrogen-bond acceptors (Lipinski definition) is 2. The molecular formula is C14H28N2. The van der Waals surface area contributed by atoms with E-state index in [9.17, 15) is 0 Å². The molecule has 1 atom stereocenters. The minimum Gasteiger partial charge on any atom is -0.317 e. The Bertz CT molecular complexity index is 213. The third-order valence-electron chi connectivity index (χ3n) is 4.50. The summed E-state index contributed by atoms with van der Waals surface area (Å²) in [7, 11) is 0. The van der Waals surface area contributed by atoms with Crippen LogP contribution in [-0.2, 0) is 0 Å². The predicted octanol–water partition coefficient (Wildman–Crippen LogP) is 2.50. The summed E-state index contributed by atoms with van der Waals surface area (Å²) in [6.45, 7) is 12.4. The first-order valence-electron chi connectivity index (χ1n) is 7.02. The van der Waals surface area contributed by atoms with Crippen molar-refractivity contribution in [3.8, 4) is 0 Å². The third kappa shape index (κ3) is 2.98. The molecule has 0 aromatic carbocycles. The Labute approximate surface area is 101 Å². The number of rotatable bonds is 1. The zero-order chi connectivity index (χ0) is 11.6. The molecule has 0 aromatic heterocycles. The van der Waals surface area contributed by atoms with Gasteiger partial charge in [0.25, 0.3) is 0 Å². The largest absolute Gasteiger partial charge is 0.317 e. The Hall–Kier alpha value is -0.0800. The van der Waals surface area contributed by atoms with Gasteiger partial charge in [0, 0.05) is 12.6 Å². The molecular weight excluding hydrogens is 196 g/mol. The molecule has 1 N–H and O–H groups in total. The van der Waals surface area contributed by atoms with E-state index in [2.05, 4.69) is 31.0 Å². The Morgan fingerprint density at radius 1 is 1.06 bits per heavy atom. The molecule has 2 saturated heterocycles. The quantitative estimate of drug-likeness (QED) is 0.736. The minimum absolute atomic E-state index is 0.492. The lowest BCUT2D eigenvalue weighted by molar-refractivity contribution is 0.0570. The molecule has 0 spiro atoms. The molecule has 0 aliphatic carbocycles. The van der Waals surface area contributed by atoms with Gasteiger partial charge < -0.3 is 5.32 Å². The molecule has 0 aromatic rings. The lowest BCUT2D eigenvalue weighted by Crippen LogP contribution is -2.49. The fraction of sp³-hybridized carbons (Fsp3) is 1.00. The Morgan fingerprint density at radius 3 is 2.38 bits per heavy atom. The molecule has 2 heteroatoms. The van der Waals surface area contributed by atoms with Crippen LogP contribution in [0.5, 0.6) is 0 Å². The predicted molar refractivity (Wildman–Crippen MR) is 69.6 cm³/mol. The van der Waals surface area contributed by atoms with Crippen LogP contribution in [0.25, 0.3) is 0 Å². The van der Waals surface area contributed by atoms with Crippen molar-refractivity contribution in [3.05, 3.63) is 0 Å². The van der Waals surface area contributed by atoms with Gasteiger partial charge in [0.1, 0.15) is 0 Å². The van der Waals surface area contributed by atoms with Crippen LogP contribution in [0, 0.1) is 11.3 Å². The van der Waals surface area contributed by atoms with E-state index >= 15 is 0 Å². The van der Waals surface area contributed by atoms with Gasteiger partial charge in [0.2, 0.25) is 0 Å². The third-order valence-corrected chi connectivity index (χ3v) is 4.50. The molecule has 94 valence electrons. The smallest absolute Gasteiger partial charge is 0.0119 e. The summed E-state index contributed by atoms with van der Waals surface area (Å²) in [6, 6.07) is 0.867. The van der Waals surface area contributed by atoms with E-state index < -0.39 is 0 Å². The highest BCUT2D eigenvalue weighted by Gasteiger charge is 2.32. The lowest BCUT2D eigenvalue weighted by Gasteiger charge is -2.44. The molecule has 2 aliphatic heterocycles. The van der Waals surface area contributed by atoms with E-state index in [1.54, 1.807) is 0 Å². The van der Waals surface area contributed by atoms with E-state index in [-0.39, 0.29) is 0 Å². The lowest BCUT2D eigenvalue weighted by atomic mass is 9.76. The van der Waals surface area contributed by atoms with Crippen molar-refractivity contribution in [3.63, 3.8) is 0 Å². The number of likely N-dealkylation sites (tertiary alicyclic amines) is 1. The molecule has 0 saturated carbocycles. The number of hydrogen-bond donors (Lipinski definition) is 1. The Kier molecular flexibility index (Phi) is 3.91. The average molecular weight is 224 g/mol. The summed E-state index contributed by atoms with van der Waals surface area (Å²) < 4.78 is 0. The van der Waals surface area contributed by atoms with Crippen LogP contribution in [0.4, 0.5) is 0 Å². The molecule has 16 heavy (non-hydrogen) atoms. The van der Waals surface area contributed by atoms with Crippen molar-refractivity contribution in [1.29, 1.82) is 0 Å². The molecule has 0 amide bonds. The van der Waals surface area contributed by atoms with Crippen molar-refractivity contribution >= 4 is 0 Å². The first-order valence-corrected chi connectivity index (χ1v) is 7.02. The standard InChI is InChI=1S/C14H28N2/c1-14(2,3)12-5-4-10-16(11-12)13-6-8-15-9-7-13/h12-13,15H,4-11H2,1-3H3/t12-/m0/s1. The van der Waals surface area contributed by atoms with Gasteiger partial charge in [-0.15, -0.1) is 0 Å². The van der Waals surface area contributed by atoms with Crippen LogP contribution in [0.2, 0.25) is 0 Å². The first kappa shape index (κ1) is 12.4. The van der Waals surface area contributed by atoms with Gasteiger partial charge >= 0.3 is 0 Å². The summed E-state index contributed by atoms with van der Waals surface area (Å²) in [6.07, 6.45) is 5.56. The summed E-state index contributed by atoms with van der Waals surface area (Å²) >= 11 is 0. The number of piperidine rings is 2. The van der Waals surface area contributed by atoms with Crippen molar-refractivity contribution in [2.24, 2.45) is 11.3 Å². The topological polar surface area (TPSA) is 15.3 Å². The summed E-state index contributed by atoms with van der Waals surface area (Å²) in [4.78, 5) is 2.78. The molecule has 0 unspecified atom stereocenters. The van der Waals surface area contributed by atoms with E-state index in [4.69, 9.17) is 0 Å². The molecule has 2 rings (SSSR count). The maximum atomic E-state index is 3.47. The van der Waals surface area contributed by atoms with Crippen LogP contribution in [0.1, 0.15) is 46.5 Å². The maximum absolute atomic E-state index is 3.47. The molecule has 0 radical (unpaired) electrons. The average Bonchev–Trinajstić information content (AvgIpc) is 2.29. The Morgan fingerprint density at radius 2 is 1.75 bits per heavy atom. The van der Waals surface area contributed by atoms with E-state index in [1.165, 1.54) is 51.9 Å². The molecule has 2 aliphatic rings. The zero-order valence-corrected chi connectivity index (χ0v) is 11.3. The SMILES string of the molecule is CC(C)(C)[C@H]1CCCN(C2CCNCC2)C1. The van der Waals surface area contributed by atoms with E-state index in [0.717, 1.165) is 12.0 Å². The second kappa shape index (κ2) is 5.05. The van der Waals surface area contributed by atoms with Crippen LogP contribution in [0.15, 0.2) is 0 Å². The normalized spacial score (nSPS) is 30.6. The first-order chi connectivity index (χ1) is 7.57. The van der Waals surface area contributed by atoms with Crippen LogP contribution in [-0.4, -0.2) is 37.1 Å². The maximum Gasteiger partial charge on any atom is 0.0119 e. The number of nitrogens with one attached hydrogen (secondary N) is 1. The van der Waals surface area contributed by atoms with Crippen LogP contribution in [0.3, 0.4) is 0 Å². The van der Waals surface area contributed by atoms with Gasteiger partial charge in [0.15, 0.2) is 0 Å². The van der Waals surface area contributed by atoms with Gasteiger partial charge in [-0.2, -0.15) is 0 Å². The van der Waals surface area contributed by atoms with Gasteiger partial charge in [-0.3, -0.25) is 4.90 Å². The molecule has 2 nitrogen and oxygen atoms in total. The second-order valence-electron chi connectivity index (χ2n) is 6.68. The van der Waals surface area contributed by atoms with Crippen molar-refractivity contribution in [2.45, 2.75) is 52.5 Å². The van der Waals surface area contributed by atoms with Gasteiger partial charge in [-0.1, -0.05) is 20.8 Å². The summed E-state index contributed by atoms with van der Waals surface area (Å²) in [5, 5.41) is 3.47. The molecule has 2 fully saturated rings. The minimum atomic E-state index is 0.492. The molecule has 2 heterocycles. The number of nitrogens with zero attached hydrogens (tertiary/aromatic N) is 1. The van der Waals surface area contributed by atoms with Gasteiger partial charge in [-0.25, -0.2) is 0 Å². The monoisotopic (exact) mass is 224 g/mol. The van der Waals surface area contributed by atoms with E-state index in [0.29, 0.717) is 5.41 Å². The van der Waals surface area contributed by atoms with Crippen molar-refractivity contribution in [1.82, 2.24) is 10.2 Å². The van der Waals surface area contributed by atoms with Crippen molar-refractivity contribution in [2.75, 3.05) is 26.2 Å². The summed E-state index contributed by atoms with van der Waals surface area (Å²) in [5.74, 6) is 0.899. The fourth-order valence-corrected chi connectivity index (χ4v) is 3.22. The summed E-state index contributed by atoms with van der Waals surface area (Å²) in [5.41, 5.74) is 0.492. The molecule has 0 bridgehead atoms. The Balaban J connectivity index is 1.90.